The van der Waals surface area contributed by atoms with Crippen molar-refractivity contribution < 1.29 is 9.47 Å². The topological polar surface area (TPSA) is 62.3 Å². The van der Waals surface area contributed by atoms with Crippen LogP contribution in [0.4, 0.5) is 5.95 Å². The summed E-state index contributed by atoms with van der Waals surface area (Å²) in [5.41, 5.74) is 9.83. The van der Waals surface area contributed by atoms with Gasteiger partial charge in [0.1, 0.15) is 0 Å². The summed E-state index contributed by atoms with van der Waals surface area (Å²) in [5, 5.41) is 0. The van der Waals surface area contributed by atoms with Crippen molar-refractivity contribution >= 4 is 17.0 Å². The van der Waals surface area contributed by atoms with E-state index in [2.05, 4.69) is 4.98 Å². The minimum atomic E-state index is -0.464. The number of imidazole rings is 1. The zero-order valence-corrected chi connectivity index (χ0v) is 13.3. The third-order valence-corrected chi connectivity index (χ3v) is 4.30. The zero-order chi connectivity index (χ0) is 16.8. The van der Waals surface area contributed by atoms with Gasteiger partial charge in [0.15, 0.2) is 11.5 Å². The summed E-state index contributed by atoms with van der Waals surface area (Å²) in [6, 6.07) is 23.5. The number of nitrogens with two attached hydrogens (primary N) is 1. The number of anilines is 1. The number of nitrogen functional groups attached to an aromatic ring is 1. The number of ether oxygens (including phenoxy) is 2. The molecule has 4 aromatic rings. The lowest BCUT2D eigenvalue weighted by molar-refractivity contribution is 0.0487. The van der Waals surface area contributed by atoms with Crippen LogP contribution in [0, 0.1) is 0 Å². The fourth-order valence-electron chi connectivity index (χ4n) is 3.16. The molecule has 1 aliphatic heterocycles. The van der Waals surface area contributed by atoms with E-state index < -0.39 is 6.29 Å². The van der Waals surface area contributed by atoms with Crippen LogP contribution in [0.5, 0.6) is 11.5 Å². The third kappa shape index (κ3) is 2.21. The Morgan fingerprint density at radius 2 is 1.56 bits per heavy atom. The summed E-state index contributed by atoms with van der Waals surface area (Å²) < 4.78 is 13.7. The first-order chi connectivity index (χ1) is 12.3. The second kappa shape index (κ2) is 5.27. The summed E-state index contributed by atoms with van der Waals surface area (Å²) >= 11 is 0. The molecular weight excluding hydrogens is 314 g/mol. The fraction of sp³-hybridized carbons (Fsp3) is 0.0500. The number of para-hydroxylation sites is 4. The van der Waals surface area contributed by atoms with E-state index in [1.54, 1.807) is 0 Å². The van der Waals surface area contributed by atoms with E-state index in [0.29, 0.717) is 5.95 Å². The summed E-state index contributed by atoms with van der Waals surface area (Å²) in [6.45, 7) is 0. The standard InChI is InChI=1S/C20H15N3O2/c21-20-22-15-8-1-2-9-16(15)23(20)14-7-5-6-13(12-14)19-24-17-10-3-4-11-18(17)25-19/h1-12,19H,(H2,21,22). The molecule has 25 heavy (non-hydrogen) atoms. The van der Waals surface area contributed by atoms with E-state index in [-0.39, 0.29) is 0 Å². The van der Waals surface area contributed by atoms with Crippen LogP contribution in [-0.4, -0.2) is 9.55 Å². The van der Waals surface area contributed by atoms with Gasteiger partial charge in [-0.15, -0.1) is 0 Å². The normalized spacial score (nSPS) is 13.4. The molecule has 0 amide bonds. The highest BCUT2D eigenvalue weighted by Gasteiger charge is 2.25. The molecule has 0 fully saturated rings. The van der Waals surface area contributed by atoms with Gasteiger partial charge in [-0.25, -0.2) is 4.98 Å². The molecule has 0 saturated carbocycles. The molecule has 2 N–H and O–H groups in total. The van der Waals surface area contributed by atoms with Gasteiger partial charge in [0.25, 0.3) is 6.29 Å². The molecular formula is C20H15N3O2. The van der Waals surface area contributed by atoms with Crippen molar-refractivity contribution in [3.8, 4) is 17.2 Å². The van der Waals surface area contributed by atoms with E-state index in [0.717, 1.165) is 33.8 Å². The molecule has 1 aromatic heterocycles. The summed E-state index contributed by atoms with van der Waals surface area (Å²) in [7, 11) is 0. The first-order valence-electron chi connectivity index (χ1n) is 8.05. The Bertz CT molecular complexity index is 1060. The highest BCUT2D eigenvalue weighted by Crippen LogP contribution is 2.40. The van der Waals surface area contributed by atoms with Gasteiger partial charge < -0.3 is 15.2 Å². The number of hydrogen-bond acceptors (Lipinski definition) is 4. The third-order valence-electron chi connectivity index (χ3n) is 4.30. The van der Waals surface area contributed by atoms with Crippen molar-refractivity contribution in [1.82, 2.24) is 9.55 Å². The molecule has 0 saturated heterocycles. The second-order valence-electron chi connectivity index (χ2n) is 5.90. The maximum absolute atomic E-state index is 6.15. The van der Waals surface area contributed by atoms with Gasteiger partial charge >= 0.3 is 0 Å². The zero-order valence-electron chi connectivity index (χ0n) is 13.3. The number of aromatic nitrogens is 2. The second-order valence-corrected chi connectivity index (χ2v) is 5.90. The van der Waals surface area contributed by atoms with Crippen LogP contribution in [0.3, 0.4) is 0 Å². The van der Waals surface area contributed by atoms with Crippen LogP contribution >= 0.6 is 0 Å². The van der Waals surface area contributed by atoms with Crippen LogP contribution in [0.1, 0.15) is 11.9 Å². The van der Waals surface area contributed by atoms with Gasteiger partial charge in [-0.1, -0.05) is 36.4 Å². The predicted molar refractivity (Wildman–Crippen MR) is 95.9 cm³/mol. The molecule has 0 spiro atoms. The van der Waals surface area contributed by atoms with Crippen LogP contribution < -0.4 is 15.2 Å². The van der Waals surface area contributed by atoms with Crippen LogP contribution in [0.15, 0.2) is 72.8 Å². The van der Waals surface area contributed by atoms with Crippen molar-refractivity contribution in [1.29, 1.82) is 0 Å². The van der Waals surface area contributed by atoms with E-state index in [4.69, 9.17) is 15.2 Å². The van der Waals surface area contributed by atoms with E-state index in [1.165, 1.54) is 0 Å². The Balaban J connectivity index is 1.57. The van der Waals surface area contributed by atoms with Crippen LogP contribution in [-0.2, 0) is 0 Å². The Morgan fingerprint density at radius 3 is 2.36 bits per heavy atom. The van der Waals surface area contributed by atoms with E-state index in [1.807, 2.05) is 77.4 Å². The van der Waals surface area contributed by atoms with Gasteiger partial charge in [-0.05, 0) is 36.4 Å². The molecule has 0 unspecified atom stereocenters. The van der Waals surface area contributed by atoms with E-state index >= 15 is 0 Å². The number of nitrogens with zero attached hydrogens (tertiary/aromatic N) is 2. The Kier molecular flexibility index (Phi) is 2.94. The average molecular weight is 329 g/mol. The van der Waals surface area contributed by atoms with Gasteiger partial charge in [-0.2, -0.15) is 0 Å². The van der Waals surface area contributed by atoms with Crippen molar-refractivity contribution in [3.05, 3.63) is 78.4 Å². The molecule has 0 radical (unpaired) electrons. The molecule has 0 atom stereocenters. The van der Waals surface area contributed by atoms with Gasteiger partial charge in [0.2, 0.25) is 5.95 Å². The number of benzene rings is 3. The van der Waals surface area contributed by atoms with Crippen molar-refractivity contribution in [3.63, 3.8) is 0 Å². The molecule has 5 rings (SSSR count). The predicted octanol–water partition coefficient (Wildman–Crippen LogP) is 4.08. The lowest BCUT2D eigenvalue weighted by Crippen LogP contribution is -2.09. The van der Waals surface area contributed by atoms with Gasteiger partial charge in [-0.3, -0.25) is 4.57 Å². The van der Waals surface area contributed by atoms with Crippen molar-refractivity contribution in [2.75, 3.05) is 5.73 Å². The average Bonchev–Trinajstić information content (AvgIpc) is 3.22. The molecule has 5 heteroatoms. The van der Waals surface area contributed by atoms with Crippen molar-refractivity contribution in [2.24, 2.45) is 0 Å². The van der Waals surface area contributed by atoms with E-state index in [9.17, 15) is 0 Å². The first-order valence-corrected chi connectivity index (χ1v) is 8.05. The molecule has 3 aromatic carbocycles. The number of hydrogen-bond donors (Lipinski definition) is 1. The molecule has 0 bridgehead atoms. The largest absolute Gasteiger partial charge is 0.447 e. The summed E-state index contributed by atoms with van der Waals surface area (Å²) in [4.78, 5) is 4.43. The van der Waals surface area contributed by atoms with Crippen LogP contribution in [0.25, 0.3) is 16.7 Å². The Morgan fingerprint density at radius 1 is 0.840 bits per heavy atom. The van der Waals surface area contributed by atoms with Gasteiger partial charge in [0.05, 0.1) is 11.0 Å². The summed E-state index contributed by atoms with van der Waals surface area (Å²) in [6.07, 6.45) is -0.464. The number of fused-ring (bicyclic) bond motifs is 2. The molecule has 2 heterocycles. The molecule has 122 valence electrons. The van der Waals surface area contributed by atoms with Gasteiger partial charge in [0, 0.05) is 11.3 Å². The molecule has 5 nitrogen and oxygen atoms in total. The smallest absolute Gasteiger partial charge is 0.268 e. The maximum Gasteiger partial charge on any atom is 0.268 e. The molecule has 1 aliphatic rings. The Hall–Kier alpha value is -3.47. The highest BCUT2D eigenvalue weighted by atomic mass is 16.7. The maximum atomic E-state index is 6.15. The lowest BCUT2D eigenvalue weighted by atomic mass is 10.2. The quantitative estimate of drug-likeness (QED) is 0.602. The summed E-state index contributed by atoms with van der Waals surface area (Å²) in [5.74, 6) is 1.96. The highest BCUT2D eigenvalue weighted by molar-refractivity contribution is 5.80. The van der Waals surface area contributed by atoms with Crippen LogP contribution in [0.2, 0.25) is 0 Å². The lowest BCUT2D eigenvalue weighted by Gasteiger charge is -2.13. The monoisotopic (exact) mass is 329 g/mol. The Labute approximate surface area is 144 Å². The SMILES string of the molecule is Nc1nc2ccccc2n1-c1cccc(C2Oc3ccccc3O2)c1. The first kappa shape index (κ1) is 13.9. The fourth-order valence-corrected chi connectivity index (χ4v) is 3.16. The minimum Gasteiger partial charge on any atom is -0.447 e. The minimum absolute atomic E-state index is 0.454. The van der Waals surface area contributed by atoms with Crippen molar-refractivity contribution in [2.45, 2.75) is 6.29 Å². The number of rotatable bonds is 2. The molecule has 0 aliphatic carbocycles.